The van der Waals surface area contributed by atoms with Gasteiger partial charge in [-0.1, -0.05) is 42.5 Å². The number of hydrogen-bond acceptors (Lipinski definition) is 4. The van der Waals surface area contributed by atoms with Crippen molar-refractivity contribution in [2.24, 2.45) is 0 Å². The Balaban J connectivity index is 1.87. The third kappa shape index (κ3) is 4.19. The van der Waals surface area contributed by atoms with Crippen LogP contribution in [0.15, 0.2) is 99.0 Å². The summed E-state index contributed by atoms with van der Waals surface area (Å²) in [6.07, 6.45) is 2.03. The molecule has 0 atom stereocenters. The smallest absolute Gasteiger partial charge is 0.344 e. The van der Waals surface area contributed by atoms with Crippen LogP contribution in [0.2, 0.25) is 0 Å². The Labute approximate surface area is 180 Å². The van der Waals surface area contributed by atoms with Crippen molar-refractivity contribution in [3.05, 3.63) is 95.3 Å². The Kier molecular flexibility index (Phi) is 6.05. The lowest BCUT2D eigenvalue weighted by atomic mass is 9.95. The minimum Gasteiger partial charge on any atom is -0.494 e. The molecule has 4 heteroatoms. The molecular formula is C26H22O3S. The van der Waals surface area contributed by atoms with Crippen molar-refractivity contribution in [3.8, 4) is 39.3 Å². The first-order valence-electron chi connectivity index (χ1n) is 9.81. The molecule has 0 aliphatic carbocycles. The van der Waals surface area contributed by atoms with Crippen molar-refractivity contribution in [2.75, 3.05) is 12.9 Å². The van der Waals surface area contributed by atoms with Crippen LogP contribution in [-0.4, -0.2) is 12.9 Å². The van der Waals surface area contributed by atoms with Crippen LogP contribution >= 0.6 is 11.8 Å². The van der Waals surface area contributed by atoms with Crippen molar-refractivity contribution in [1.29, 1.82) is 0 Å². The molecule has 3 nitrogen and oxygen atoms in total. The highest BCUT2D eigenvalue weighted by atomic mass is 32.2. The molecule has 1 aromatic heterocycles. The maximum absolute atomic E-state index is 13.1. The third-order valence-electron chi connectivity index (χ3n) is 4.86. The van der Waals surface area contributed by atoms with Gasteiger partial charge in [0.25, 0.3) is 0 Å². The van der Waals surface area contributed by atoms with E-state index in [0.29, 0.717) is 17.9 Å². The van der Waals surface area contributed by atoms with Crippen LogP contribution in [0.1, 0.15) is 6.92 Å². The van der Waals surface area contributed by atoms with Crippen LogP contribution in [0.5, 0.6) is 5.75 Å². The highest BCUT2D eigenvalue weighted by Crippen LogP contribution is 2.34. The number of hydrogen-bond donors (Lipinski definition) is 0. The van der Waals surface area contributed by atoms with Crippen molar-refractivity contribution >= 4 is 11.8 Å². The lowest BCUT2D eigenvalue weighted by molar-refractivity contribution is 0.340. The summed E-state index contributed by atoms with van der Waals surface area (Å²) in [6, 6.07) is 27.5. The standard InChI is InChI=1S/C26H22O3S/c1-3-28-21-13-9-19(10-14-21)24-17-23(18-7-5-4-6-8-18)25(26(27)29-24)20-11-15-22(30-2)16-12-20/h4-17H,3H2,1-2H3. The average Bonchev–Trinajstić information content (AvgIpc) is 2.80. The topological polar surface area (TPSA) is 39.4 Å². The minimum atomic E-state index is -0.350. The van der Waals surface area contributed by atoms with E-state index in [1.165, 1.54) is 0 Å². The average molecular weight is 415 g/mol. The van der Waals surface area contributed by atoms with E-state index in [1.807, 2.05) is 98.1 Å². The maximum atomic E-state index is 13.1. The Morgan fingerprint density at radius 1 is 0.833 bits per heavy atom. The van der Waals surface area contributed by atoms with Gasteiger partial charge in [-0.2, -0.15) is 0 Å². The van der Waals surface area contributed by atoms with Gasteiger partial charge in [0.05, 0.1) is 12.2 Å². The molecule has 0 saturated carbocycles. The van der Waals surface area contributed by atoms with Crippen LogP contribution in [0.25, 0.3) is 33.6 Å². The van der Waals surface area contributed by atoms with E-state index in [1.54, 1.807) is 11.8 Å². The van der Waals surface area contributed by atoms with Gasteiger partial charge in [-0.3, -0.25) is 0 Å². The van der Waals surface area contributed by atoms with Gasteiger partial charge in [-0.15, -0.1) is 11.8 Å². The monoisotopic (exact) mass is 414 g/mol. The summed E-state index contributed by atoms with van der Waals surface area (Å²) in [7, 11) is 0. The molecule has 150 valence electrons. The van der Waals surface area contributed by atoms with Gasteiger partial charge in [0.15, 0.2) is 0 Å². The summed E-state index contributed by atoms with van der Waals surface area (Å²) in [5.41, 5.74) is 3.73. The van der Waals surface area contributed by atoms with Crippen LogP contribution in [0.4, 0.5) is 0 Å². The number of ether oxygens (including phenoxy) is 1. The normalized spacial score (nSPS) is 10.7. The Morgan fingerprint density at radius 2 is 1.50 bits per heavy atom. The first-order valence-corrected chi connectivity index (χ1v) is 11.0. The predicted molar refractivity (Wildman–Crippen MR) is 124 cm³/mol. The van der Waals surface area contributed by atoms with Gasteiger partial charge >= 0.3 is 5.63 Å². The maximum Gasteiger partial charge on any atom is 0.344 e. The van der Waals surface area contributed by atoms with E-state index in [-0.39, 0.29) is 5.63 Å². The molecule has 3 aromatic carbocycles. The third-order valence-corrected chi connectivity index (χ3v) is 5.61. The summed E-state index contributed by atoms with van der Waals surface area (Å²) in [4.78, 5) is 14.3. The first-order chi connectivity index (χ1) is 14.7. The molecular weight excluding hydrogens is 392 g/mol. The molecule has 1 heterocycles. The second-order valence-electron chi connectivity index (χ2n) is 6.74. The fraction of sp³-hybridized carbons (Fsp3) is 0.115. The molecule has 0 amide bonds. The van der Waals surface area contributed by atoms with Gasteiger partial charge in [-0.05, 0) is 66.8 Å². The molecule has 0 unspecified atom stereocenters. The molecule has 4 aromatic rings. The number of rotatable bonds is 6. The zero-order valence-corrected chi connectivity index (χ0v) is 17.7. The molecule has 30 heavy (non-hydrogen) atoms. The molecule has 0 aliphatic rings. The predicted octanol–water partition coefficient (Wildman–Crippen LogP) is 6.76. The Morgan fingerprint density at radius 3 is 2.13 bits per heavy atom. The number of benzene rings is 3. The summed E-state index contributed by atoms with van der Waals surface area (Å²) >= 11 is 1.67. The molecule has 0 radical (unpaired) electrons. The molecule has 0 saturated heterocycles. The minimum absolute atomic E-state index is 0.350. The highest BCUT2D eigenvalue weighted by molar-refractivity contribution is 7.98. The van der Waals surface area contributed by atoms with Gasteiger partial charge in [0.1, 0.15) is 11.5 Å². The lowest BCUT2D eigenvalue weighted by Gasteiger charge is -2.12. The Hall–Kier alpha value is -3.24. The summed E-state index contributed by atoms with van der Waals surface area (Å²) in [5, 5.41) is 0. The van der Waals surface area contributed by atoms with Crippen molar-refractivity contribution < 1.29 is 9.15 Å². The van der Waals surface area contributed by atoms with E-state index in [2.05, 4.69) is 0 Å². The highest BCUT2D eigenvalue weighted by Gasteiger charge is 2.16. The molecule has 4 rings (SSSR count). The van der Waals surface area contributed by atoms with Gasteiger partial charge in [-0.25, -0.2) is 4.79 Å². The second-order valence-corrected chi connectivity index (χ2v) is 7.62. The molecule has 0 N–H and O–H groups in total. The molecule has 0 bridgehead atoms. The summed E-state index contributed by atoms with van der Waals surface area (Å²) < 4.78 is 11.3. The van der Waals surface area contributed by atoms with Crippen LogP contribution in [0, 0.1) is 0 Å². The summed E-state index contributed by atoms with van der Waals surface area (Å²) in [5.74, 6) is 1.32. The SMILES string of the molecule is CCOc1ccc(-c2cc(-c3ccccc3)c(-c3ccc(SC)cc3)c(=O)o2)cc1. The second kappa shape index (κ2) is 9.06. The van der Waals surface area contributed by atoms with Gasteiger partial charge in [0, 0.05) is 16.0 Å². The van der Waals surface area contributed by atoms with Crippen molar-refractivity contribution in [3.63, 3.8) is 0 Å². The Bertz CT molecular complexity index is 1180. The fourth-order valence-electron chi connectivity index (χ4n) is 3.39. The zero-order valence-electron chi connectivity index (χ0n) is 16.9. The van der Waals surface area contributed by atoms with Crippen LogP contribution < -0.4 is 10.4 Å². The van der Waals surface area contributed by atoms with Crippen LogP contribution in [-0.2, 0) is 0 Å². The van der Waals surface area contributed by atoms with E-state index in [4.69, 9.17) is 9.15 Å². The molecule has 0 spiro atoms. The van der Waals surface area contributed by atoms with E-state index >= 15 is 0 Å². The van der Waals surface area contributed by atoms with Gasteiger partial charge in [0.2, 0.25) is 0 Å². The summed E-state index contributed by atoms with van der Waals surface area (Å²) in [6.45, 7) is 2.56. The largest absolute Gasteiger partial charge is 0.494 e. The number of thioether (sulfide) groups is 1. The first kappa shape index (κ1) is 20.0. The van der Waals surface area contributed by atoms with E-state index in [0.717, 1.165) is 32.9 Å². The lowest BCUT2D eigenvalue weighted by Crippen LogP contribution is -2.06. The molecule has 0 aliphatic heterocycles. The fourth-order valence-corrected chi connectivity index (χ4v) is 3.80. The molecule has 0 fully saturated rings. The quantitative estimate of drug-likeness (QED) is 0.327. The zero-order chi connectivity index (χ0) is 20.9. The van der Waals surface area contributed by atoms with Crippen molar-refractivity contribution in [1.82, 2.24) is 0 Å². The van der Waals surface area contributed by atoms with Crippen LogP contribution in [0.3, 0.4) is 0 Å². The van der Waals surface area contributed by atoms with E-state index < -0.39 is 0 Å². The van der Waals surface area contributed by atoms with Crippen molar-refractivity contribution in [2.45, 2.75) is 11.8 Å². The van der Waals surface area contributed by atoms with Gasteiger partial charge < -0.3 is 9.15 Å². The van der Waals surface area contributed by atoms with E-state index in [9.17, 15) is 4.79 Å².